The Morgan fingerprint density at radius 1 is 1.12 bits per heavy atom. The van der Waals surface area contributed by atoms with E-state index >= 15 is 0 Å². The van der Waals surface area contributed by atoms with E-state index in [1.807, 2.05) is 18.2 Å². The van der Waals surface area contributed by atoms with Gasteiger partial charge in [0.15, 0.2) is 0 Å². The summed E-state index contributed by atoms with van der Waals surface area (Å²) in [7, 11) is 0. The maximum atomic E-state index is 13.9. The van der Waals surface area contributed by atoms with Gasteiger partial charge in [0, 0.05) is 16.6 Å². The van der Waals surface area contributed by atoms with Gasteiger partial charge in [-0.05, 0) is 29.3 Å². The summed E-state index contributed by atoms with van der Waals surface area (Å²) in [6.07, 6.45) is 0. The quantitative estimate of drug-likeness (QED) is 0.843. The normalized spacial score (nSPS) is 18.1. The lowest BCUT2D eigenvalue weighted by Gasteiger charge is -2.14. The summed E-state index contributed by atoms with van der Waals surface area (Å²) < 4.78 is 14.8. The third-order valence-corrected chi connectivity index (χ3v) is 3.63. The van der Waals surface area contributed by atoms with Crippen molar-refractivity contribution in [2.24, 2.45) is 0 Å². The first-order valence-corrected chi connectivity index (χ1v) is 6.31. The molecule has 3 heteroatoms. The summed E-state index contributed by atoms with van der Waals surface area (Å²) in [5, 5.41) is 3.35. The zero-order valence-electron chi connectivity index (χ0n) is 9.08. The van der Waals surface area contributed by atoms with Gasteiger partial charge in [0.2, 0.25) is 0 Å². The van der Waals surface area contributed by atoms with Crippen LogP contribution in [0.1, 0.15) is 22.7 Å². The smallest absolute Gasteiger partial charge is 0.128 e. The molecule has 0 aliphatic carbocycles. The fourth-order valence-electron chi connectivity index (χ4n) is 2.31. The Morgan fingerprint density at radius 3 is 2.82 bits per heavy atom. The monoisotopic (exact) mass is 291 g/mol. The number of halogens is 2. The minimum Gasteiger partial charge on any atom is -0.302 e. The van der Waals surface area contributed by atoms with E-state index in [2.05, 4.69) is 33.4 Å². The lowest BCUT2D eigenvalue weighted by atomic mass is 9.98. The predicted octanol–water partition coefficient (Wildman–Crippen LogP) is 3.78. The highest BCUT2D eigenvalue weighted by atomic mass is 79.9. The lowest BCUT2D eigenvalue weighted by molar-refractivity contribution is 0.572. The van der Waals surface area contributed by atoms with E-state index < -0.39 is 0 Å². The van der Waals surface area contributed by atoms with Crippen LogP contribution in [0.4, 0.5) is 4.39 Å². The van der Waals surface area contributed by atoms with Crippen molar-refractivity contribution in [3.63, 3.8) is 0 Å². The Balaban J connectivity index is 2.10. The molecule has 1 heterocycles. The lowest BCUT2D eigenvalue weighted by Crippen LogP contribution is -2.14. The van der Waals surface area contributed by atoms with Gasteiger partial charge in [-0.3, -0.25) is 0 Å². The van der Waals surface area contributed by atoms with E-state index in [1.54, 1.807) is 6.07 Å². The molecule has 1 nitrogen and oxygen atoms in total. The molecular formula is C14H11BrFN. The fourth-order valence-corrected chi connectivity index (χ4v) is 2.69. The van der Waals surface area contributed by atoms with Crippen molar-refractivity contribution < 1.29 is 4.39 Å². The molecule has 2 aromatic carbocycles. The van der Waals surface area contributed by atoms with Crippen LogP contribution in [0.25, 0.3) is 0 Å². The summed E-state index contributed by atoms with van der Waals surface area (Å²) >= 11 is 3.39. The number of benzene rings is 2. The van der Waals surface area contributed by atoms with E-state index in [0.29, 0.717) is 5.56 Å². The van der Waals surface area contributed by atoms with Crippen LogP contribution >= 0.6 is 15.9 Å². The highest BCUT2D eigenvalue weighted by molar-refractivity contribution is 9.10. The van der Waals surface area contributed by atoms with Crippen molar-refractivity contribution in [1.82, 2.24) is 5.32 Å². The van der Waals surface area contributed by atoms with Gasteiger partial charge in [-0.15, -0.1) is 0 Å². The molecule has 0 spiro atoms. The van der Waals surface area contributed by atoms with Crippen LogP contribution in [-0.4, -0.2) is 0 Å². The number of fused-ring (bicyclic) bond motifs is 1. The second-order valence-corrected chi connectivity index (χ2v) is 5.09. The molecule has 2 aromatic rings. The molecule has 0 bridgehead atoms. The van der Waals surface area contributed by atoms with Gasteiger partial charge in [0.05, 0.1) is 6.04 Å². The molecule has 0 saturated carbocycles. The molecule has 0 saturated heterocycles. The van der Waals surface area contributed by atoms with Crippen LogP contribution < -0.4 is 5.32 Å². The maximum absolute atomic E-state index is 13.9. The second kappa shape index (κ2) is 4.24. The zero-order valence-corrected chi connectivity index (χ0v) is 10.7. The van der Waals surface area contributed by atoms with Crippen molar-refractivity contribution in [3.8, 4) is 0 Å². The highest BCUT2D eigenvalue weighted by Crippen LogP contribution is 2.33. The summed E-state index contributed by atoms with van der Waals surface area (Å²) in [4.78, 5) is 0. The van der Waals surface area contributed by atoms with E-state index in [9.17, 15) is 4.39 Å². The molecular weight excluding hydrogens is 281 g/mol. The van der Waals surface area contributed by atoms with Gasteiger partial charge < -0.3 is 5.32 Å². The SMILES string of the molecule is Fc1ccc(Br)cc1C1NCc2ccccc21. The standard InChI is InChI=1S/C14H11BrFN/c15-10-5-6-13(16)12(7-10)14-11-4-2-1-3-9(11)8-17-14/h1-7,14,17H,8H2. The van der Waals surface area contributed by atoms with Crippen molar-refractivity contribution in [3.05, 3.63) is 69.4 Å². The molecule has 17 heavy (non-hydrogen) atoms. The first-order chi connectivity index (χ1) is 8.25. The Bertz CT molecular complexity index is 568. The van der Waals surface area contributed by atoms with Crippen LogP contribution in [0.3, 0.4) is 0 Å². The van der Waals surface area contributed by atoms with Gasteiger partial charge in [-0.25, -0.2) is 4.39 Å². The molecule has 0 aromatic heterocycles. The minimum atomic E-state index is -0.164. The van der Waals surface area contributed by atoms with Gasteiger partial charge in [-0.1, -0.05) is 40.2 Å². The van der Waals surface area contributed by atoms with Crippen LogP contribution in [0.2, 0.25) is 0 Å². The van der Waals surface area contributed by atoms with Crippen molar-refractivity contribution >= 4 is 15.9 Å². The Labute approximate surface area is 108 Å². The Kier molecular flexibility index (Phi) is 2.73. The molecule has 0 amide bonds. The largest absolute Gasteiger partial charge is 0.302 e. The number of hydrogen-bond acceptors (Lipinski definition) is 1. The van der Waals surface area contributed by atoms with Gasteiger partial charge in [-0.2, -0.15) is 0 Å². The average Bonchev–Trinajstić information content (AvgIpc) is 2.76. The third kappa shape index (κ3) is 1.90. The predicted molar refractivity (Wildman–Crippen MR) is 69.2 cm³/mol. The molecule has 86 valence electrons. The van der Waals surface area contributed by atoms with Gasteiger partial charge in [0.25, 0.3) is 0 Å². The van der Waals surface area contributed by atoms with Crippen molar-refractivity contribution in [2.75, 3.05) is 0 Å². The average molecular weight is 292 g/mol. The Morgan fingerprint density at radius 2 is 1.94 bits per heavy atom. The van der Waals surface area contributed by atoms with Crippen LogP contribution in [0, 0.1) is 5.82 Å². The van der Waals surface area contributed by atoms with Crippen molar-refractivity contribution in [1.29, 1.82) is 0 Å². The topological polar surface area (TPSA) is 12.0 Å². The number of rotatable bonds is 1. The molecule has 3 rings (SSSR count). The third-order valence-electron chi connectivity index (χ3n) is 3.13. The molecule has 1 aliphatic rings. The van der Waals surface area contributed by atoms with E-state index in [4.69, 9.17) is 0 Å². The molecule has 1 atom stereocenters. The first-order valence-electron chi connectivity index (χ1n) is 5.52. The number of hydrogen-bond donors (Lipinski definition) is 1. The van der Waals surface area contributed by atoms with Crippen LogP contribution in [0.15, 0.2) is 46.9 Å². The second-order valence-electron chi connectivity index (χ2n) is 4.18. The van der Waals surface area contributed by atoms with E-state index in [1.165, 1.54) is 17.2 Å². The van der Waals surface area contributed by atoms with Gasteiger partial charge >= 0.3 is 0 Å². The van der Waals surface area contributed by atoms with Crippen LogP contribution in [-0.2, 0) is 6.54 Å². The molecule has 0 fully saturated rings. The molecule has 1 unspecified atom stereocenters. The van der Waals surface area contributed by atoms with Crippen molar-refractivity contribution in [2.45, 2.75) is 12.6 Å². The maximum Gasteiger partial charge on any atom is 0.128 e. The van der Waals surface area contributed by atoms with Gasteiger partial charge in [0.1, 0.15) is 5.82 Å². The highest BCUT2D eigenvalue weighted by Gasteiger charge is 2.25. The summed E-state index contributed by atoms with van der Waals surface area (Å²) in [6, 6.07) is 13.2. The van der Waals surface area contributed by atoms with E-state index in [-0.39, 0.29) is 11.9 Å². The molecule has 1 N–H and O–H groups in total. The summed E-state index contributed by atoms with van der Waals surface area (Å²) in [5.74, 6) is -0.164. The molecule has 0 radical (unpaired) electrons. The summed E-state index contributed by atoms with van der Waals surface area (Å²) in [6.45, 7) is 0.798. The number of nitrogens with one attached hydrogen (secondary N) is 1. The first kappa shape index (κ1) is 10.9. The van der Waals surface area contributed by atoms with E-state index in [0.717, 1.165) is 11.0 Å². The van der Waals surface area contributed by atoms with Crippen LogP contribution in [0.5, 0.6) is 0 Å². The zero-order chi connectivity index (χ0) is 11.8. The minimum absolute atomic E-state index is 0.0382. The Hall–Kier alpha value is -1.19. The fraction of sp³-hybridized carbons (Fsp3) is 0.143. The molecule has 1 aliphatic heterocycles. The summed E-state index contributed by atoms with van der Waals surface area (Å²) in [5.41, 5.74) is 3.12.